The topological polar surface area (TPSA) is 59.2 Å². The van der Waals surface area contributed by atoms with E-state index in [1.165, 1.54) is 21.1 Å². The molecule has 0 fully saturated rings. The van der Waals surface area contributed by atoms with E-state index < -0.39 is 0 Å². The van der Waals surface area contributed by atoms with Crippen molar-refractivity contribution in [3.8, 4) is 0 Å². The summed E-state index contributed by atoms with van der Waals surface area (Å²) in [6.07, 6.45) is 0. The molecule has 96 valence electrons. The third-order valence-electron chi connectivity index (χ3n) is 2.48. The van der Waals surface area contributed by atoms with Crippen LogP contribution in [0.1, 0.15) is 25.3 Å². The fourth-order valence-corrected chi connectivity index (χ4v) is 3.17. The van der Waals surface area contributed by atoms with Crippen molar-refractivity contribution in [3.63, 3.8) is 0 Å². The van der Waals surface area contributed by atoms with Crippen LogP contribution in [0.5, 0.6) is 0 Å². The van der Waals surface area contributed by atoms with Crippen LogP contribution in [0.25, 0.3) is 0 Å². The molecule has 2 heterocycles. The summed E-state index contributed by atoms with van der Waals surface area (Å²) >= 11 is 3.13. The van der Waals surface area contributed by atoms with Crippen LogP contribution >= 0.6 is 22.7 Å². The van der Waals surface area contributed by atoms with Gasteiger partial charge in [0.15, 0.2) is 0 Å². The fraction of sp³-hybridized carbons (Fsp3) is 0.333. The van der Waals surface area contributed by atoms with Crippen LogP contribution in [-0.2, 0) is 13.1 Å². The normalized spacial score (nSPS) is 10.6. The Morgan fingerprint density at radius 1 is 1.50 bits per heavy atom. The summed E-state index contributed by atoms with van der Waals surface area (Å²) in [4.78, 5) is 20.4. The molecule has 0 saturated carbocycles. The van der Waals surface area contributed by atoms with Gasteiger partial charge in [-0.1, -0.05) is 0 Å². The first kappa shape index (κ1) is 13.2. The van der Waals surface area contributed by atoms with E-state index in [-0.39, 0.29) is 5.91 Å². The summed E-state index contributed by atoms with van der Waals surface area (Å²) in [6.45, 7) is 3.06. The molecule has 18 heavy (non-hydrogen) atoms. The first-order chi connectivity index (χ1) is 8.60. The highest BCUT2D eigenvalue weighted by atomic mass is 32.1. The quantitative estimate of drug-likeness (QED) is 0.935. The molecule has 1 amide bonds. The van der Waals surface area contributed by atoms with E-state index in [4.69, 9.17) is 5.73 Å². The highest BCUT2D eigenvalue weighted by molar-refractivity contribution is 7.11. The Kier molecular flexibility index (Phi) is 4.11. The van der Waals surface area contributed by atoms with Gasteiger partial charge in [0.1, 0.15) is 10.7 Å². The highest BCUT2D eigenvalue weighted by Gasteiger charge is 2.15. The van der Waals surface area contributed by atoms with Crippen LogP contribution in [0, 0.1) is 6.92 Å². The van der Waals surface area contributed by atoms with Crippen molar-refractivity contribution in [3.05, 3.63) is 38.0 Å². The monoisotopic (exact) mass is 281 g/mol. The molecule has 2 rings (SSSR count). The van der Waals surface area contributed by atoms with Crippen molar-refractivity contribution in [2.75, 3.05) is 7.05 Å². The van der Waals surface area contributed by atoms with Gasteiger partial charge in [0.05, 0.1) is 6.54 Å². The van der Waals surface area contributed by atoms with E-state index in [2.05, 4.69) is 24.0 Å². The van der Waals surface area contributed by atoms with E-state index >= 15 is 0 Å². The molecule has 0 aliphatic carbocycles. The molecule has 0 bridgehead atoms. The minimum atomic E-state index is -0.0583. The summed E-state index contributed by atoms with van der Waals surface area (Å²) in [5, 5.41) is 2.56. The van der Waals surface area contributed by atoms with Gasteiger partial charge in [-0.15, -0.1) is 22.7 Å². The number of hydrogen-bond acceptors (Lipinski definition) is 5. The standard InChI is InChI=1S/C12H15N3OS2/c1-8-3-4-9(18-8)6-15(2)12(16)10-7-17-11(5-13)14-10/h3-4,7H,5-6,13H2,1-2H3. The number of rotatable bonds is 4. The van der Waals surface area contributed by atoms with Crippen LogP contribution in [0.4, 0.5) is 0 Å². The molecule has 0 aromatic carbocycles. The zero-order valence-corrected chi connectivity index (χ0v) is 12.0. The minimum Gasteiger partial charge on any atom is -0.335 e. The second-order valence-corrected chi connectivity index (χ2v) is 6.32. The SMILES string of the molecule is Cc1ccc(CN(C)C(=O)c2csc(CN)n2)s1. The van der Waals surface area contributed by atoms with Crippen molar-refractivity contribution in [1.82, 2.24) is 9.88 Å². The van der Waals surface area contributed by atoms with E-state index in [9.17, 15) is 4.79 Å². The number of thiophene rings is 1. The number of amides is 1. The lowest BCUT2D eigenvalue weighted by Gasteiger charge is -2.14. The van der Waals surface area contributed by atoms with Gasteiger partial charge in [0.2, 0.25) is 0 Å². The molecule has 0 aliphatic rings. The number of thiazole rings is 1. The van der Waals surface area contributed by atoms with Crippen molar-refractivity contribution in [2.24, 2.45) is 5.73 Å². The number of carbonyl (C=O) groups excluding carboxylic acids is 1. The molecule has 0 saturated heterocycles. The molecule has 0 atom stereocenters. The van der Waals surface area contributed by atoms with Crippen molar-refractivity contribution in [2.45, 2.75) is 20.0 Å². The van der Waals surface area contributed by atoms with Gasteiger partial charge in [0.25, 0.3) is 5.91 Å². The minimum absolute atomic E-state index is 0.0583. The maximum Gasteiger partial charge on any atom is 0.273 e. The number of hydrogen-bond donors (Lipinski definition) is 1. The Bertz CT molecular complexity index is 547. The first-order valence-electron chi connectivity index (χ1n) is 5.55. The van der Waals surface area contributed by atoms with Crippen molar-refractivity contribution >= 4 is 28.6 Å². The molecule has 0 aliphatic heterocycles. The number of carbonyl (C=O) groups is 1. The number of aryl methyl sites for hydroxylation is 1. The van der Waals surface area contributed by atoms with Crippen LogP contribution < -0.4 is 5.73 Å². The van der Waals surface area contributed by atoms with Gasteiger partial charge in [-0.3, -0.25) is 4.79 Å². The molecule has 2 N–H and O–H groups in total. The molecule has 6 heteroatoms. The second-order valence-electron chi connectivity index (χ2n) is 4.00. The summed E-state index contributed by atoms with van der Waals surface area (Å²) in [7, 11) is 1.79. The molecule has 2 aromatic rings. The second kappa shape index (κ2) is 5.60. The Morgan fingerprint density at radius 2 is 2.28 bits per heavy atom. The van der Waals surface area contributed by atoms with Gasteiger partial charge >= 0.3 is 0 Å². The van der Waals surface area contributed by atoms with E-state index in [0.29, 0.717) is 18.8 Å². The zero-order chi connectivity index (χ0) is 13.1. The first-order valence-corrected chi connectivity index (χ1v) is 7.25. The van der Waals surface area contributed by atoms with E-state index in [1.54, 1.807) is 28.7 Å². The molecular weight excluding hydrogens is 266 g/mol. The molecule has 0 radical (unpaired) electrons. The van der Waals surface area contributed by atoms with Gasteiger partial charge in [-0.05, 0) is 19.1 Å². The summed E-state index contributed by atoms with van der Waals surface area (Å²) < 4.78 is 0. The number of nitrogens with zero attached hydrogens (tertiary/aromatic N) is 2. The average Bonchev–Trinajstić information content (AvgIpc) is 2.97. The number of aromatic nitrogens is 1. The molecule has 0 spiro atoms. The lowest BCUT2D eigenvalue weighted by Crippen LogP contribution is -2.26. The van der Waals surface area contributed by atoms with Gasteiger partial charge in [0, 0.05) is 28.7 Å². The third-order valence-corrected chi connectivity index (χ3v) is 4.34. The van der Waals surface area contributed by atoms with Crippen LogP contribution in [0.2, 0.25) is 0 Å². The zero-order valence-electron chi connectivity index (χ0n) is 10.3. The van der Waals surface area contributed by atoms with Gasteiger partial charge in [-0.2, -0.15) is 0 Å². The maximum absolute atomic E-state index is 12.1. The smallest absolute Gasteiger partial charge is 0.273 e. The van der Waals surface area contributed by atoms with Crippen LogP contribution in [0.15, 0.2) is 17.5 Å². The van der Waals surface area contributed by atoms with E-state index in [0.717, 1.165) is 5.01 Å². The molecular formula is C12H15N3OS2. The predicted molar refractivity (Wildman–Crippen MR) is 74.9 cm³/mol. The lowest BCUT2D eigenvalue weighted by atomic mass is 10.3. The van der Waals surface area contributed by atoms with Crippen molar-refractivity contribution < 1.29 is 4.79 Å². The fourth-order valence-electron chi connectivity index (χ4n) is 1.57. The third kappa shape index (κ3) is 2.95. The Balaban J connectivity index is 2.04. The Hall–Kier alpha value is -1.24. The Labute approximate surface area is 114 Å². The number of nitrogens with two attached hydrogens (primary N) is 1. The van der Waals surface area contributed by atoms with Gasteiger partial charge in [-0.25, -0.2) is 4.98 Å². The maximum atomic E-state index is 12.1. The van der Waals surface area contributed by atoms with E-state index in [1.807, 2.05) is 0 Å². The van der Waals surface area contributed by atoms with Crippen LogP contribution in [0.3, 0.4) is 0 Å². The summed E-state index contributed by atoms with van der Waals surface area (Å²) in [6, 6.07) is 4.11. The highest BCUT2D eigenvalue weighted by Crippen LogP contribution is 2.18. The predicted octanol–water partition coefficient (Wildman–Crippen LogP) is 2.24. The molecule has 0 unspecified atom stereocenters. The average molecular weight is 281 g/mol. The summed E-state index contributed by atoms with van der Waals surface area (Å²) in [5.74, 6) is -0.0583. The lowest BCUT2D eigenvalue weighted by molar-refractivity contribution is 0.0781. The Morgan fingerprint density at radius 3 is 2.83 bits per heavy atom. The molecule has 2 aromatic heterocycles. The van der Waals surface area contributed by atoms with Gasteiger partial charge < -0.3 is 10.6 Å². The largest absolute Gasteiger partial charge is 0.335 e. The van der Waals surface area contributed by atoms with Crippen LogP contribution in [-0.4, -0.2) is 22.8 Å². The van der Waals surface area contributed by atoms with Crippen molar-refractivity contribution in [1.29, 1.82) is 0 Å². The summed E-state index contributed by atoms with van der Waals surface area (Å²) in [5.41, 5.74) is 5.97. The molecule has 4 nitrogen and oxygen atoms in total.